The lowest BCUT2D eigenvalue weighted by Crippen LogP contribution is -2.11. The predicted octanol–water partition coefficient (Wildman–Crippen LogP) is 3.24. The highest BCUT2D eigenvalue weighted by molar-refractivity contribution is 5.95. The number of nitrogens with two attached hydrogens (primary N) is 1. The normalized spacial score (nSPS) is 12.0. The summed E-state index contributed by atoms with van der Waals surface area (Å²) in [6.07, 6.45) is -2.21. The van der Waals surface area contributed by atoms with Crippen LogP contribution in [0.15, 0.2) is 36.7 Å². The summed E-state index contributed by atoms with van der Waals surface area (Å²) in [5.41, 5.74) is 5.57. The Morgan fingerprint density at radius 1 is 1.19 bits per heavy atom. The van der Waals surface area contributed by atoms with Gasteiger partial charge in [0.1, 0.15) is 5.56 Å². The quantitative estimate of drug-likeness (QED) is 0.749. The maximum Gasteiger partial charge on any atom is 0.419 e. The van der Waals surface area contributed by atoms with Crippen molar-refractivity contribution in [3.8, 4) is 11.3 Å². The number of hydrogen-bond donors (Lipinski definition) is 1. The maximum atomic E-state index is 13.1. The molecule has 7 heteroatoms. The highest BCUT2D eigenvalue weighted by atomic mass is 19.4. The van der Waals surface area contributed by atoms with Gasteiger partial charge in [0.2, 0.25) is 5.95 Å². The van der Waals surface area contributed by atoms with Gasteiger partial charge in [-0.2, -0.15) is 13.2 Å². The molecule has 0 amide bonds. The van der Waals surface area contributed by atoms with Crippen LogP contribution in [0.5, 0.6) is 0 Å². The molecule has 3 rings (SSSR count). The van der Waals surface area contributed by atoms with E-state index in [4.69, 9.17) is 5.73 Å². The zero-order valence-electron chi connectivity index (χ0n) is 11.0. The SMILES string of the molecule is Cn1cc(-c2nc(N)ncc2C(F)(F)F)c2ccccc21. The molecule has 2 N–H and O–H groups in total. The molecule has 1 aromatic carbocycles. The van der Waals surface area contributed by atoms with Gasteiger partial charge in [0.25, 0.3) is 0 Å². The Balaban J connectivity index is 2.35. The molecular weight excluding hydrogens is 281 g/mol. The zero-order chi connectivity index (χ0) is 15.2. The van der Waals surface area contributed by atoms with Crippen molar-refractivity contribution < 1.29 is 13.2 Å². The van der Waals surface area contributed by atoms with Gasteiger partial charge in [-0.3, -0.25) is 0 Å². The molecule has 0 saturated heterocycles. The number of nitrogen functional groups attached to an aromatic ring is 1. The Kier molecular flexibility index (Phi) is 2.86. The smallest absolute Gasteiger partial charge is 0.368 e. The number of aromatic nitrogens is 3. The van der Waals surface area contributed by atoms with Crippen LogP contribution in [0.1, 0.15) is 5.56 Å². The molecule has 0 unspecified atom stereocenters. The summed E-state index contributed by atoms with van der Waals surface area (Å²) in [6.45, 7) is 0. The number of aryl methyl sites for hydroxylation is 1. The van der Waals surface area contributed by atoms with Crippen molar-refractivity contribution in [2.24, 2.45) is 7.05 Å². The van der Waals surface area contributed by atoms with E-state index in [0.717, 1.165) is 11.7 Å². The van der Waals surface area contributed by atoms with E-state index in [9.17, 15) is 13.2 Å². The van der Waals surface area contributed by atoms with Crippen molar-refractivity contribution in [3.05, 3.63) is 42.2 Å². The predicted molar refractivity (Wildman–Crippen MR) is 73.4 cm³/mol. The molecule has 0 aliphatic carbocycles. The monoisotopic (exact) mass is 292 g/mol. The van der Waals surface area contributed by atoms with Gasteiger partial charge in [0.05, 0.1) is 5.69 Å². The second-order valence-corrected chi connectivity index (χ2v) is 4.66. The third kappa shape index (κ3) is 2.20. The number of fused-ring (bicyclic) bond motifs is 1. The molecule has 3 aromatic rings. The minimum absolute atomic E-state index is 0.189. The molecule has 0 fully saturated rings. The van der Waals surface area contributed by atoms with Crippen LogP contribution >= 0.6 is 0 Å². The summed E-state index contributed by atoms with van der Waals surface area (Å²) in [6, 6.07) is 7.18. The standard InChI is InChI=1S/C14H11F3N4/c1-21-7-9(8-4-2-3-5-11(8)21)12-10(14(15,16)17)6-19-13(18)20-12/h2-7H,1H3,(H2,18,19,20). The molecule has 0 atom stereocenters. The highest BCUT2D eigenvalue weighted by Gasteiger charge is 2.36. The number of para-hydroxylation sites is 1. The van der Waals surface area contributed by atoms with E-state index in [1.54, 1.807) is 29.9 Å². The third-order valence-electron chi connectivity index (χ3n) is 3.26. The minimum atomic E-state index is -4.54. The second kappa shape index (κ2) is 4.47. The van der Waals surface area contributed by atoms with E-state index >= 15 is 0 Å². The fourth-order valence-corrected chi connectivity index (χ4v) is 2.34. The van der Waals surface area contributed by atoms with Crippen molar-refractivity contribution in [2.45, 2.75) is 6.18 Å². The van der Waals surface area contributed by atoms with Crippen molar-refractivity contribution in [3.63, 3.8) is 0 Å². The van der Waals surface area contributed by atoms with Crippen LogP contribution in [0.25, 0.3) is 22.2 Å². The molecule has 108 valence electrons. The first-order valence-electron chi connectivity index (χ1n) is 6.12. The number of anilines is 1. The number of benzene rings is 1. The largest absolute Gasteiger partial charge is 0.419 e. The lowest BCUT2D eigenvalue weighted by atomic mass is 10.1. The fraction of sp³-hybridized carbons (Fsp3) is 0.143. The first-order chi connectivity index (χ1) is 9.88. The van der Waals surface area contributed by atoms with Crippen LogP contribution < -0.4 is 5.73 Å². The van der Waals surface area contributed by atoms with E-state index in [1.807, 2.05) is 12.1 Å². The van der Waals surface area contributed by atoms with Crippen LogP contribution in [-0.4, -0.2) is 14.5 Å². The molecule has 4 nitrogen and oxygen atoms in total. The van der Waals surface area contributed by atoms with E-state index < -0.39 is 11.7 Å². The van der Waals surface area contributed by atoms with Gasteiger partial charge in [0, 0.05) is 35.9 Å². The van der Waals surface area contributed by atoms with Crippen molar-refractivity contribution in [1.29, 1.82) is 0 Å². The molecule has 0 radical (unpaired) electrons. The van der Waals surface area contributed by atoms with Crippen LogP contribution in [0.4, 0.5) is 19.1 Å². The molecule has 0 spiro atoms. The lowest BCUT2D eigenvalue weighted by molar-refractivity contribution is -0.137. The lowest BCUT2D eigenvalue weighted by Gasteiger charge is -2.11. The Morgan fingerprint density at radius 3 is 2.62 bits per heavy atom. The summed E-state index contributed by atoms with van der Waals surface area (Å²) < 4.78 is 41.2. The Labute approximate surface area is 118 Å². The molecule has 2 heterocycles. The minimum Gasteiger partial charge on any atom is -0.368 e. The number of alkyl halides is 3. The maximum absolute atomic E-state index is 13.1. The van der Waals surface area contributed by atoms with Gasteiger partial charge in [-0.1, -0.05) is 18.2 Å². The van der Waals surface area contributed by atoms with Gasteiger partial charge >= 0.3 is 6.18 Å². The summed E-state index contributed by atoms with van der Waals surface area (Å²) in [7, 11) is 1.77. The Morgan fingerprint density at radius 2 is 1.90 bits per heavy atom. The van der Waals surface area contributed by atoms with E-state index in [1.165, 1.54) is 0 Å². The van der Waals surface area contributed by atoms with Gasteiger partial charge in [-0.15, -0.1) is 0 Å². The van der Waals surface area contributed by atoms with E-state index in [0.29, 0.717) is 10.9 Å². The van der Waals surface area contributed by atoms with Crippen molar-refractivity contribution in [1.82, 2.24) is 14.5 Å². The van der Waals surface area contributed by atoms with Crippen molar-refractivity contribution >= 4 is 16.9 Å². The van der Waals surface area contributed by atoms with Gasteiger partial charge in [0.15, 0.2) is 0 Å². The van der Waals surface area contributed by atoms with E-state index in [2.05, 4.69) is 9.97 Å². The van der Waals surface area contributed by atoms with Crippen LogP contribution in [0, 0.1) is 0 Å². The number of nitrogens with zero attached hydrogens (tertiary/aromatic N) is 3. The topological polar surface area (TPSA) is 56.7 Å². The van der Waals surface area contributed by atoms with Crippen LogP contribution in [0.2, 0.25) is 0 Å². The average molecular weight is 292 g/mol. The average Bonchev–Trinajstić information content (AvgIpc) is 2.75. The number of hydrogen-bond acceptors (Lipinski definition) is 3. The molecule has 0 bridgehead atoms. The number of rotatable bonds is 1. The summed E-state index contributed by atoms with van der Waals surface area (Å²) in [4.78, 5) is 7.27. The first-order valence-corrected chi connectivity index (χ1v) is 6.12. The Bertz CT molecular complexity index is 821. The molecule has 21 heavy (non-hydrogen) atoms. The Hall–Kier alpha value is -2.57. The third-order valence-corrected chi connectivity index (χ3v) is 3.26. The summed E-state index contributed by atoms with van der Waals surface area (Å²) in [5.74, 6) is -0.189. The second-order valence-electron chi connectivity index (χ2n) is 4.66. The van der Waals surface area contributed by atoms with Crippen LogP contribution in [-0.2, 0) is 13.2 Å². The summed E-state index contributed by atoms with van der Waals surface area (Å²) >= 11 is 0. The van der Waals surface area contributed by atoms with Gasteiger partial charge < -0.3 is 10.3 Å². The molecule has 0 aliphatic rings. The molecule has 0 saturated carbocycles. The number of halogens is 3. The first kappa shape index (κ1) is 13.4. The zero-order valence-corrected chi connectivity index (χ0v) is 11.0. The van der Waals surface area contributed by atoms with Gasteiger partial charge in [-0.25, -0.2) is 9.97 Å². The highest BCUT2D eigenvalue weighted by Crippen LogP contribution is 2.38. The van der Waals surface area contributed by atoms with Crippen LogP contribution in [0.3, 0.4) is 0 Å². The summed E-state index contributed by atoms with van der Waals surface area (Å²) in [5, 5.41) is 0.684. The molecule has 0 aliphatic heterocycles. The van der Waals surface area contributed by atoms with Crippen molar-refractivity contribution in [2.75, 3.05) is 5.73 Å². The molecule has 2 aromatic heterocycles. The fourth-order valence-electron chi connectivity index (χ4n) is 2.34. The molecular formula is C14H11F3N4. The van der Waals surface area contributed by atoms with E-state index in [-0.39, 0.29) is 11.6 Å². The van der Waals surface area contributed by atoms with Gasteiger partial charge in [-0.05, 0) is 6.07 Å².